The van der Waals surface area contributed by atoms with Crippen molar-refractivity contribution in [2.24, 2.45) is 0 Å². The third-order valence-electron chi connectivity index (χ3n) is 2.89. The van der Waals surface area contributed by atoms with Crippen LogP contribution in [0.15, 0.2) is 24.3 Å². The van der Waals surface area contributed by atoms with Crippen LogP contribution in [0.25, 0.3) is 5.13 Å². The lowest BCUT2D eigenvalue weighted by Gasteiger charge is -2.03. The van der Waals surface area contributed by atoms with E-state index in [1.165, 1.54) is 28.2 Å². The molecule has 0 unspecified atom stereocenters. The fourth-order valence-electron chi connectivity index (χ4n) is 1.89. The van der Waals surface area contributed by atoms with Gasteiger partial charge in [-0.2, -0.15) is 4.68 Å². The average molecular weight is 303 g/mol. The SMILES string of the molecule is Cc1nnc(-n2nnc(C=O)c2Cc2ccc(F)cc2)s1. The molecule has 0 amide bonds. The van der Waals surface area contributed by atoms with Crippen LogP contribution in [0, 0.1) is 12.7 Å². The summed E-state index contributed by atoms with van der Waals surface area (Å²) in [4.78, 5) is 11.1. The molecular formula is C13H10FN5OS. The van der Waals surface area contributed by atoms with Crippen LogP contribution < -0.4 is 0 Å². The highest BCUT2D eigenvalue weighted by molar-refractivity contribution is 7.13. The molecule has 0 aliphatic rings. The number of carbonyl (C=O) groups excluding carboxylic acids is 1. The van der Waals surface area contributed by atoms with Crippen molar-refractivity contribution in [1.82, 2.24) is 25.2 Å². The average Bonchev–Trinajstić information content (AvgIpc) is 3.07. The minimum absolute atomic E-state index is 0.243. The van der Waals surface area contributed by atoms with E-state index < -0.39 is 0 Å². The predicted molar refractivity (Wildman–Crippen MR) is 74.2 cm³/mol. The minimum Gasteiger partial charge on any atom is -0.296 e. The van der Waals surface area contributed by atoms with E-state index in [0.29, 0.717) is 23.5 Å². The quantitative estimate of drug-likeness (QED) is 0.689. The molecule has 0 bridgehead atoms. The van der Waals surface area contributed by atoms with E-state index in [4.69, 9.17) is 0 Å². The number of carbonyl (C=O) groups is 1. The molecule has 0 radical (unpaired) electrons. The largest absolute Gasteiger partial charge is 0.296 e. The summed E-state index contributed by atoms with van der Waals surface area (Å²) in [5, 5.41) is 17.1. The number of halogens is 1. The third kappa shape index (κ3) is 2.70. The van der Waals surface area contributed by atoms with Gasteiger partial charge in [-0.25, -0.2) is 4.39 Å². The van der Waals surface area contributed by atoms with Gasteiger partial charge in [0.05, 0.1) is 5.69 Å². The Morgan fingerprint density at radius 1 is 1.24 bits per heavy atom. The molecule has 2 aromatic heterocycles. The molecule has 0 fully saturated rings. The molecule has 0 aliphatic heterocycles. The number of hydrogen-bond donors (Lipinski definition) is 0. The molecule has 106 valence electrons. The fraction of sp³-hybridized carbons (Fsp3) is 0.154. The maximum atomic E-state index is 13.0. The normalized spacial score (nSPS) is 10.8. The van der Waals surface area contributed by atoms with Crippen LogP contribution in [0.5, 0.6) is 0 Å². The monoisotopic (exact) mass is 303 g/mol. The van der Waals surface area contributed by atoms with Crippen molar-refractivity contribution in [2.75, 3.05) is 0 Å². The lowest BCUT2D eigenvalue weighted by Crippen LogP contribution is -2.04. The van der Waals surface area contributed by atoms with Crippen molar-refractivity contribution < 1.29 is 9.18 Å². The predicted octanol–water partition coefficient (Wildman–Crippen LogP) is 1.97. The number of aldehydes is 1. The van der Waals surface area contributed by atoms with Gasteiger partial charge >= 0.3 is 0 Å². The lowest BCUT2D eigenvalue weighted by atomic mass is 10.1. The van der Waals surface area contributed by atoms with Crippen molar-refractivity contribution in [3.63, 3.8) is 0 Å². The molecule has 0 saturated carbocycles. The van der Waals surface area contributed by atoms with Crippen LogP contribution in [0.2, 0.25) is 0 Å². The second kappa shape index (κ2) is 5.49. The Bertz CT molecular complexity index is 780. The van der Waals surface area contributed by atoms with Gasteiger partial charge in [0.25, 0.3) is 0 Å². The van der Waals surface area contributed by atoms with Crippen molar-refractivity contribution >= 4 is 17.6 Å². The van der Waals surface area contributed by atoms with Gasteiger partial charge in [-0.3, -0.25) is 4.79 Å². The highest BCUT2D eigenvalue weighted by Gasteiger charge is 2.17. The van der Waals surface area contributed by atoms with Gasteiger partial charge in [0.15, 0.2) is 6.29 Å². The van der Waals surface area contributed by atoms with Crippen LogP contribution in [0.3, 0.4) is 0 Å². The zero-order valence-electron chi connectivity index (χ0n) is 11.0. The number of hydrogen-bond acceptors (Lipinski definition) is 6. The van der Waals surface area contributed by atoms with Crippen LogP contribution in [-0.4, -0.2) is 31.5 Å². The Morgan fingerprint density at radius 3 is 2.62 bits per heavy atom. The number of aromatic nitrogens is 5. The zero-order valence-corrected chi connectivity index (χ0v) is 11.8. The van der Waals surface area contributed by atoms with Crippen molar-refractivity contribution in [3.8, 4) is 5.13 Å². The van der Waals surface area contributed by atoms with Gasteiger partial charge in [-0.1, -0.05) is 28.7 Å². The first-order valence-electron chi connectivity index (χ1n) is 6.12. The maximum Gasteiger partial charge on any atom is 0.234 e. The Morgan fingerprint density at radius 2 is 2.00 bits per heavy atom. The van der Waals surface area contributed by atoms with E-state index in [1.807, 2.05) is 6.92 Å². The molecule has 0 N–H and O–H groups in total. The summed E-state index contributed by atoms with van der Waals surface area (Å²) in [5.74, 6) is -0.305. The van der Waals surface area contributed by atoms with Gasteiger partial charge < -0.3 is 0 Å². The Kier molecular flexibility index (Phi) is 3.53. The molecule has 0 saturated heterocycles. The van der Waals surface area contributed by atoms with Crippen molar-refractivity contribution in [3.05, 3.63) is 52.0 Å². The molecule has 3 rings (SSSR count). The number of rotatable bonds is 4. The molecule has 8 heteroatoms. The van der Waals surface area contributed by atoms with Crippen LogP contribution in [-0.2, 0) is 6.42 Å². The standard InChI is InChI=1S/C13H10FN5OS/c1-8-15-17-13(21-8)19-12(11(7-20)16-18-19)6-9-2-4-10(14)5-3-9/h2-5,7H,6H2,1H3. The van der Waals surface area contributed by atoms with Gasteiger partial charge in [0.2, 0.25) is 5.13 Å². The summed E-state index contributed by atoms with van der Waals surface area (Å²) < 4.78 is 14.5. The van der Waals surface area contributed by atoms with Crippen molar-refractivity contribution in [2.45, 2.75) is 13.3 Å². The molecule has 2 heterocycles. The zero-order chi connectivity index (χ0) is 14.8. The minimum atomic E-state index is -0.305. The smallest absolute Gasteiger partial charge is 0.234 e. The topological polar surface area (TPSA) is 73.6 Å². The highest BCUT2D eigenvalue weighted by atomic mass is 32.1. The fourth-order valence-corrected chi connectivity index (χ4v) is 2.55. The van der Waals surface area contributed by atoms with Crippen LogP contribution >= 0.6 is 11.3 Å². The van der Waals surface area contributed by atoms with Crippen molar-refractivity contribution in [1.29, 1.82) is 0 Å². The number of aryl methyl sites for hydroxylation is 1. The summed E-state index contributed by atoms with van der Waals surface area (Å²) >= 11 is 1.35. The number of nitrogens with zero attached hydrogens (tertiary/aromatic N) is 5. The summed E-state index contributed by atoms with van der Waals surface area (Å²) in [7, 11) is 0. The molecule has 0 spiro atoms. The molecule has 6 nitrogen and oxygen atoms in total. The van der Waals surface area contributed by atoms with Gasteiger partial charge in [-0.15, -0.1) is 15.3 Å². The number of benzene rings is 1. The van der Waals surface area contributed by atoms with E-state index in [-0.39, 0.29) is 11.5 Å². The van der Waals surface area contributed by atoms with Gasteiger partial charge in [0.1, 0.15) is 16.5 Å². The highest BCUT2D eigenvalue weighted by Crippen LogP contribution is 2.19. The Balaban J connectivity index is 2.01. The molecule has 3 aromatic rings. The molecule has 0 aliphatic carbocycles. The van der Waals surface area contributed by atoms with E-state index >= 15 is 0 Å². The molecular weight excluding hydrogens is 293 g/mol. The van der Waals surface area contributed by atoms with E-state index in [2.05, 4.69) is 20.5 Å². The first-order valence-corrected chi connectivity index (χ1v) is 6.93. The Labute approximate surface area is 123 Å². The first kappa shape index (κ1) is 13.5. The van der Waals surface area contributed by atoms with Crippen LogP contribution in [0.1, 0.15) is 26.8 Å². The van der Waals surface area contributed by atoms with Crippen LogP contribution in [0.4, 0.5) is 4.39 Å². The summed E-state index contributed by atoms with van der Waals surface area (Å²) in [6.45, 7) is 1.83. The summed E-state index contributed by atoms with van der Waals surface area (Å²) in [6, 6.07) is 6.07. The van der Waals surface area contributed by atoms with Gasteiger partial charge in [-0.05, 0) is 24.6 Å². The van der Waals surface area contributed by atoms with E-state index in [0.717, 1.165) is 10.6 Å². The van der Waals surface area contributed by atoms with E-state index in [9.17, 15) is 9.18 Å². The second-order valence-electron chi connectivity index (χ2n) is 4.36. The van der Waals surface area contributed by atoms with Gasteiger partial charge in [0, 0.05) is 6.42 Å². The Hall–Kier alpha value is -2.48. The third-order valence-corrected chi connectivity index (χ3v) is 3.70. The summed E-state index contributed by atoms with van der Waals surface area (Å²) in [6.07, 6.45) is 1.05. The molecule has 0 atom stereocenters. The first-order chi connectivity index (χ1) is 10.2. The lowest BCUT2D eigenvalue weighted by molar-refractivity contribution is 0.111. The second-order valence-corrected chi connectivity index (χ2v) is 5.52. The maximum absolute atomic E-state index is 13.0. The molecule has 1 aromatic carbocycles. The molecule has 21 heavy (non-hydrogen) atoms. The summed E-state index contributed by atoms with van der Waals surface area (Å²) in [5.41, 5.74) is 1.70. The van der Waals surface area contributed by atoms with E-state index in [1.54, 1.807) is 12.1 Å².